The minimum Gasteiger partial charge on any atom is -0.550 e. The Labute approximate surface area is 154 Å². The highest BCUT2D eigenvalue weighted by Crippen LogP contribution is 2.20. The van der Waals surface area contributed by atoms with Crippen LogP contribution in [0, 0.1) is 0 Å². The lowest BCUT2D eigenvalue weighted by molar-refractivity contribution is -0.696. The summed E-state index contributed by atoms with van der Waals surface area (Å²) < 4.78 is 5.54. The van der Waals surface area contributed by atoms with Crippen molar-refractivity contribution in [1.29, 1.82) is 0 Å². The van der Waals surface area contributed by atoms with Crippen molar-refractivity contribution >= 4 is 5.97 Å². The summed E-state index contributed by atoms with van der Waals surface area (Å²) in [5, 5.41) is 23.3. The second-order valence-corrected chi connectivity index (χ2v) is 6.34. The zero-order valence-electron chi connectivity index (χ0n) is 15.1. The number of carbonyl (C=O) groups is 1. The number of nitrogens with two attached hydrogens (primary N) is 1. The number of hydrogen-bond donors (Lipinski definition) is 2. The molecule has 0 bridgehead atoms. The van der Waals surface area contributed by atoms with E-state index in [4.69, 9.17) is 4.74 Å². The fourth-order valence-corrected chi connectivity index (χ4v) is 2.85. The first-order chi connectivity index (χ1) is 12.6. The number of carboxylic acid groups (broad SMARTS) is 1. The van der Waals surface area contributed by atoms with E-state index >= 15 is 0 Å². The van der Waals surface area contributed by atoms with Crippen molar-refractivity contribution in [3.8, 4) is 5.75 Å². The van der Waals surface area contributed by atoms with Crippen LogP contribution in [0.25, 0.3) is 0 Å². The third-order valence-corrected chi connectivity index (χ3v) is 4.24. The second-order valence-electron chi connectivity index (χ2n) is 6.34. The molecule has 0 heterocycles. The predicted molar refractivity (Wildman–Crippen MR) is 97.4 cm³/mol. The molecule has 2 rings (SSSR count). The van der Waals surface area contributed by atoms with Crippen molar-refractivity contribution in [3.05, 3.63) is 65.7 Å². The first kappa shape index (κ1) is 19.9. The van der Waals surface area contributed by atoms with Crippen molar-refractivity contribution in [2.24, 2.45) is 0 Å². The Morgan fingerprint density at radius 1 is 1.12 bits per heavy atom. The molecule has 0 amide bonds. The largest absolute Gasteiger partial charge is 0.550 e. The Morgan fingerprint density at radius 2 is 1.81 bits per heavy atom. The first-order valence-electron chi connectivity index (χ1n) is 9.09. The Balaban J connectivity index is 1.86. The van der Waals surface area contributed by atoms with E-state index in [9.17, 15) is 15.0 Å². The SMILES string of the molecule is CCCOc1ccc([C@H](O)CC[NH2+][C@H](CC(=O)[O-])c2ccccc2)cc1. The van der Waals surface area contributed by atoms with Gasteiger partial charge >= 0.3 is 0 Å². The average molecular weight is 357 g/mol. The average Bonchev–Trinajstić information content (AvgIpc) is 2.66. The predicted octanol–water partition coefficient (Wildman–Crippen LogP) is 1.34. The van der Waals surface area contributed by atoms with E-state index in [0.717, 1.165) is 23.3 Å². The minimum absolute atomic E-state index is 0.0520. The summed E-state index contributed by atoms with van der Waals surface area (Å²) in [5.41, 5.74) is 1.78. The maximum absolute atomic E-state index is 11.0. The Hall–Kier alpha value is -2.37. The van der Waals surface area contributed by atoms with Gasteiger partial charge in [-0.2, -0.15) is 0 Å². The normalized spacial score (nSPS) is 13.2. The molecule has 26 heavy (non-hydrogen) atoms. The highest BCUT2D eigenvalue weighted by atomic mass is 16.5. The van der Waals surface area contributed by atoms with E-state index in [1.165, 1.54) is 0 Å². The lowest BCUT2D eigenvalue weighted by Gasteiger charge is -2.18. The van der Waals surface area contributed by atoms with Gasteiger partial charge in [0.15, 0.2) is 0 Å². The van der Waals surface area contributed by atoms with Gasteiger partial charge in [-0.25, -0.2) is 0 Å². The summed E-state index contributed by atoms with van der Waals surface area (Å²) in [6, 6.07) is 16.8. The topological polar surface area (TPSA) is 86.2 Å². The molecule has 0 saturated carbocycles. The molecular weight excluding hydrogens is 330 g/mol. The fourth-order valence-electron chi connectivity index (χ4n) is 2.85. The monoisotopic (exact) mass is 357 g/mol. The molecule has 0 unspecified atom stereocenters. The number of hydrogen-bond acceptors (Lipinski definition) is 4. The molecule has 2 aromatic carbocycles. The molecule has 5 nitrogen and oxygen atoms in total. The van der Waals surface area contributed by atoms with Gasteiger partial charge in [-0.05, 0) is 24.1 Å². The molecule has 2 atom stereocenters. The quantitative estimate of drug-likeness (QED) is 0.635. The van der Waals surface area contributed by atoms with E-state index < -0.39 is 12.1 Å². The lowest BCUT2D eigenvalue weighted by atomic mass is 10.0. The molecule has 140 valence electrons. The maximum atomic E-state index is 11.0. The third-order valence-electron chi connectivity index (χ3n) is 4.24. The van der Waals surface area contributed by atoms with Gasteiger partial charge in [-0.15, -0.1) is 0 Å². The summed E-state index contributed by atoms with van der Waals surface area (Å²) in [6.07, 6.45) is 0.842. The zero-order valence-corrected chi connectivity index (χ0v) is 15.1. The van der Waals surface area contributed by atoms with E-state index in [2.05, 4.69) is 6.92 Å². The molecule has 0 aliphatic heterocycles. The van der Waals surface area contributed by atoms with Crippen LogP contribution in [0.4, 0.5) is 0 Å². The van der Waals surface area contributed by atoms with Gasteiger partial charge in [-0.1, -0.05) is 49.4 Å². The highest BCUT2D eigenvalue weighted by Gasteiger charge is 2.16. The molecule has 0 saturated heterocycles. The van der Waals surface area contributed by atoms with Gasteiger partial charge in [0.05, 0.1) is 19.3 Å². The minimum atomic E-state index is -1.07. The fraction of sp³-hybridized carbons (Fsp3) is 0.381. The van der Waals surface area contributed by atoms with E-state index in [0.29, 0.717) is 19.6 Å². The van der Waals surface area contributed by atoms with E-state index in [-0.39, 0.29) is 12.5 Å². The van der Waals surface area contributed by atoms with Crippen LogP contribution in [0.5, 0.6) is 5.75 Å². The Morgan fingerprint density at radius 3 is 2.42 bits per heavy atom. The molecule has 0 spiro atoms. The van der Waals surface area contributed by atoms with Gasteiger partial charge in [0.1, 0.15) is 11.8 Å². The standard InChI is InChI=1S/C21H27NO4/c1-2-14-26-18-10-8-17(9-11-18)20(23)12-13-22-19(15-21(24)25)16-6-4-3-5-7-16/h3-11,19-20,22-23H,2,12-15H2,1H3,(H,24,25)/t19-,20-/m1/s1. The van der Waals surface area contributed by atoms with Gasteiger partial charge in [0.2, 0.25) is 0 Å². The molecule has 0 aliphatic carbocycles. The summed E-state index contributed by atoms with van der Waals surface area (Å²) in [7, 11) is 0. The number of ether oxygens (including phenoxy) is 1. The first-order valence-corrected chi connectivity index (χ1v) is 9.09. The number of rotatable bonds is 11. The maximum Gasteiger partial charge on any atom is 0.119 e. The van der Waals surface area contributed by atoms with Crippen molar-refractivity contribution in [2.45, 2.75) is 38.3 Å². The molecule has 0 fully saturated rings. The van der Waals surface area contributed by atoms with Crippen LogP contribution in [-0.2, 0) is 4.79 Å². The van der Waals surface area contributed by atoms with Crippen LogP contribution in [0.2, 0.25) is 0 Å². The number of quaternary nitrogens is 1. The summed E-state index contributed by atoms with van der Waals surface area (Å²) in [4.78, 5) is 11.0. The zero-order chi connectivity index (χ0) is 18.8. The van der Waals surface area contributed by atoms with Gasteiger partial charge in [0.25, 0.3) is 0 Å². The van der Waals surface area contributed by atoms with Crippen LogP contribution in [0.3, 0.4) is 0 Å². The van der Waals surface area contributed by atoms with E-state index in [1.54, 1.807) is 0 Å². The summed E-state index contributed by atoms with van der Waals surface area (Å²) >= 11 is 0. The number of aliphatic carboxylic acids is 1. The molecular formula is C21H27NO4. The van der Waals surface area contributed by atoms with Gasteiger partial charge < -0.3 is 25.1 Å². The van der Waals surface area contributed by atoms with Crippen LogP contribution in [0.15, 0.2) is 54.6 Å². The van der Waals surface area contributed by atoms with Crippen molar-refractivity contribution in [1.82, 2.24) is 0 Å². The number of benzene rings is 2. The molecule has 5 heteroatoms. The third kappa shape index (κ3) is 6.50. The Kier molecular flexibility index (Phi) is 8.12. The molecule has 0 aliphatic rings. The van der Waals surface area contributed by atoms with Crippen LogP contribution < -0.4 is 15.2 Å². The van der Waals surface area contributed by atoms with E-state index in [1.807, 2.05) is 59.9 Å². The number of aliphatic hydroxyl groups is 1. The van der Waals surface area contributed by atoms with Crippen molar-refractivity contribution < 1.29 is 25.1 Å². The summed E-state index contributed by atoms with van der Waals surface area (Å²) in [6.45, 7) is 3.34. The number of carbonyl (C=O) groups excluding carboxylic acids is 1. The molecule has 2 aromatic rings. The van der Waals surface area contributed by atoms with Gasteiger partial charge in [0, 0.05) is 24.4 Å². The highest BCUT2D eigenvalue weighted by molar-refractivity contribution is 5.65. The second kappa shape index (κ2) is 10.6. The van der Waals surface area contributed by atoms with Crippen LogP contribution >= 0.6 is 0 Å². The lowest BCUT2D eigenvalue weighted by Crippen LogP contribution is -2.85. The smallest absolute Gasteiger partial charge is 0.119 e. The summed E-state index contributed by atoms with van der Waals surface area (Å²) in [5.74, 6) is -0.272. The molecule has 0 aromatic heterocycles. The van der Waals surface area contributed by atoms with Crippen molar-refractivity contribution in [2.75, 3.05) is 13.2 Å². The van der Waals surface area contributed by atoms with Gasteiger partial charge in [-0.3, -0.25) is 0 Å². The van der Waals surface area contributed by atoms with Crippen molar-refractivity contribution in [3.63, 3.8) is 0 Å². The molecule has 0 radical (unpaired) electrons. The Bertz CT molecular complexity index is 657. The number of aliphatic hydroxyl groups excluding tert-OH is 1. The van der Waals surface area contributed by atoms with Crippen LogP contribution in [-0.4, -0.2) is 24.2 Å². The number of carboxylic acids is 1. The molecule has 3 N–H and O–H groups in total. The van der Waals surface area contributed by atoms with Crippen LogP contribution in [0.1, 0.15) is 49.5 Å².